The number of aliphatic carboxylic acids is 1. The lowest BCUT2D eigenvalue weighted by molar-refractivity contribution is -0.138. The zero-order chi connectivity index (χ0) is 25.0. The zero-order valence-corrected chi connectivity index (χ0v) is 19.2. The van der Waals surface area contributed by atoms with Gasteiger partial charge in [-0.15, -0.1) is 0 Å². The maximum atomic E-state index is 12.5. The Balaban J connectivity index is 2.23. The minimum Gasteiger partial charge on any atom is -0.481 e. The second-order valence-corrected chi connectivity index (χ2v) is 9.21. The molecule has 0 saturated heterocycles. The summed E-state index contributed by atoms with van der Waals surface area (Å²) in [7, 11) is -4.38. The van der Waals surface area contributed by atoms with E-state index in [1.807, 2.05) is 6.07 Å². The summed E-state index contributed by atoms with van der Waals surface area (Å²) in [6, 6.07) is 17.3. The van der Waals surface area contributed by atoms with E-state index < -0.39 is 32.7 Å². The van der Waals surface area contributed by atoms with Gasteiger partial charge in [0.15, 0.2) is 0 Å². The average molecular weight is 480 g/mol. The second kappa shape index (κ2) is 9.90. The molecule has 0 fully saturated rings. The van der Waals surface area contributed by atoms with Crippen LogP contribution in [-0.2, 0) is 14.8 Å². The Hall–Kier alpha value is -3.95. The first-order valence-electron chi connectivity index (χ1n) is 10.4. The van der Waals surface area contributed by atoms with Gasteiger partial charge in [-0.05, 0) is 34.7 Å². The van der Waals surface area contributed by atoms with E-state index in [-0.39, 0.29) is 16.8 Å². The van der Waals surface area contributed by atoms with Crippen LogP contribution in [0.2, 0.25) is 0 Å². The maximum Gasteiger partial charge on any atom is 0.310 e. The molecule has 1 amide bonds. The SMILES string of the molecule is CCC(C(=O)O)c1cccc(/C=C/c2cc(-c3ccccc3)c(N)c(C(N)=O)c2S(N)(=O)=O)c1. The normalized spacial score (nSPS) is 12.5. The lowest BCUT2D eigenvalue weighted by Crippen LogP contribution is -2.23. The molecule has 1 unspecified atom stereocenters. The number of carboxylic acids is 1. The summed E-state index contributed by atoms with van der Waals surface area (Å²) in [6.07, 6.45) is 3.51. The lowest BCUT2D eigenvalue weighted by atomic mass is 9.94. The first-order valence-corrected chi connectivity index (χ1v) is 11.9. The molecule has 34 heavy (non-hydrogen) atoms. The Labute approximate surface area is 197 Å². The summed E-state index contributed by atoms with van der Waals surface area (Å²) in [5.74, 6) is -2.63. The van der Waals surface area contributed by atoms with Gasteiger partial charge in [0.25, 0.3) is 5.91 Å². The van der Waals surface area contributed by atoms with Crippen molar-refractivity contribution >= 4 is 39.7 Å². The number of carboxylic acid groups (broad SMARTS) is 1. The second-order valence-electron chi connectivity index (χ2n) is 7.71. The van der Waals surface area contributed by atoms with Crippen LogP contribution < -0.4 is 16.6 Å². The molecule has 8 nitrogen and oxygen atoms in total. The Morgan fingerprint density at radius 2 is 1.71 bits per heavy atom. The summed E-state index contributed by atoms with van der Waals surface area (Å²) in [6.45, 7) is 1.78. The number of amides is 1. The number of primary sulfonamides is 1. The number of rotatable bonds is 8. The molecule has 0 bridgehead atoms. The van der Waals surface area contributed by atoms with Crippen molar-refractivity contribution < 1.29 is 23.1 Å². The van der Waals surface area contributed by atoms with Crippen molar-refractivity contribution in [2.24, 2.45) is 10.9 Å². The van der Waals surface area contributed by atoms with Gasteiger partial charge in [-0.3, -0.25) is 9.59 Å². The molecule has 176 valence electrons. The van der Waals surface area contributed by atoms with Crippen LogP contribution in [0.5, 0.6) is 0 Å². The van der Waals surface area contributed by atoms with Gasteiger partial charge < -0.3 is 16.6 Å². The third kappa shape index (κ3) is 5.16. The molecule has 0 heterocycles. The van der Waals surface area contributed by atoms with E-state index >= 15 is 0 Å². The summed E-state index contributed by atoms with van der Waals surface area (Å²) >= 11 is 0. The molecule has 0 aliphatic rings. The van der Waals surface area contributed by atoms with Gasteiger partial charge in [0.2, 0.25) is 10.0 Å². The minimum absolute atomic E-state index is 0.0888. The number of benzene rings is 3. The maximum absolute atomic E-state index is 12.5. The van der Waals surface area contributed by atoms with E-state index in [0.29, 0.717) is 28.7 Å². The predicted molar refractivity (Wildman–Crippen MR) is 132 cm³/mol. The molecule has 0 radical (unpaired) electrons. The van der Waals surface area contributed by atoms with Crippen LogP contribution in [0.25, 0.3) is 23.3 Å². The minimum atomic E-state index is -4.38. The third-order valence-corrected chi connectivity index (χ3v) is 6.45. The molecule has 1 atom stereocenters. The van der Waals surface area contributed by atoms with Crippen molar-refractivity contribution in [3.63, 3.8) is 0 Å². The Morgan fingerprint density at radius 1 is 1.03 bits per heavy atom. The van der Waals surface area contributed by atoms with Gasteiger partial charge in [0, 0.05) is 5.56 Å². The number of carbonyl (C=O) groups is 2. The Kier molecular flexibility index (Phi) is 7.19. The van der Waals surface area contributed by atoms with Crippen LogP contribution in [0.3, 0.4) is 0 Å². The summed E-state index contributed by atoms with van der Waals surface area (Å²) in [4.78, 5) is 23.3. The fraction of sp³-hybridized carbons (Fsp3) is 0.120. The molecule has 3 rings (SSSR count). The van der Waals surface area contributed by atoms with Gasteiger partial charge >= 0.3 is 5.97 Å². The number of nitrogens with two attached hydrogens (primary N) is 3. The van der Waals surface area contributed by atoms with E-state index in [1.165, 1.54) is 12.1 Å². The third-order valence-electron chi connectivity index (χ3n) is 5.44. The monoisotopic (exact) mass is 479 g/mol. The number of sulfonamides is 1. The van der Waals surface area contributed by atoms with E-state index in [0.717, 1.165) is 0 Å². The fourth-order valence-corrected chi connectivity index (χ4v) is 4.80. The number of hydrogen-bond acceptors (Lipinski definition) is 5. The molecule has 3 aromatic carbocycles. The van der Waals surface area contributed by atoms with Crippen molar-refractivity contribution in [2.45, 2.75) is 24.2 Å². The van der Waals surface area contributed by atoms with Crippen LogP contribution in [-0.4, -0.2) is 25.4 Å². The van der Waals surface area contributed by atoms with Crippen molar-refractivity contribution in [3.05, 3.63) is 82.9 Å². The summed E-state index contributed by atoms with van der Waals surface area (Å²) in [5, 5.41) is 14.9. The topological polar surface area (TPSA) is 167 Å². The molecule has 9 heteroatoms. The first kappa shape index (κ1) is 24.7. The number of carbonyl (C=O) groups excluding carboxylic acids is 1. The summed E-state index contributed by atoms with van der Waals surface area (Å²) < 4.78 is 24.9. The number of primary amides is 1. The highest BCUT2D eigenvalue weighted by atomic mass is 32.2. The largest absolute Gasteiger partial charge is 0.481 e. The van der Waals surface area contributed by atoms with E-state index in [2.05, 4.69) is 0 Å². The van der Waals surface area contributed by atoms with Crippen LogP contribution in [0, 0.1) is 0 Å². The molecule has 0 aromatic heterocycles. The molecular weight excluding hydrogens is 454 g/mol. The molecule has 0 aliphatic heterocycles. The molecule has 3 aromatic rings. The van der Waals surface area contributed by atoms with Crippen LogP contribution in [0.15, 0.2) is 65.6 Å². The summed E-state index contributed by atoms with van der Waals surface area (Å²) in [5.41, 5.74) is 13.7. The van der Waals surface area contributed by atoms with Gasteiger partial charge in [-0.1, -0.05) is 73.7 Å². The molecule has 0 aliphatic carbocycles. The van der Waals surface area contributed by atoms with Crippen molar-refractivity contribution in [1.82, 2.24) is 0 Å². The Bertz CT molecular complexity index is 1380. The van der Waals surface area contributed by atoms with E-state index in [4.69, 9.17) is 16.6 Å². The van der Waals surface area contributed by atoms with Gasteiger partial charge in [-0.2, -0.15) is 0 Å². The molecule has 0 saturated carbocycles. The number of anilines is 1. The highest BCUT2D eigenvalue weighted by molar-refractivity contribution is 7.89. The van der Waals surface area contributed by atoms with Crippen LogP contribution >= 0.6 is 0 Å². The standard InChI is InChI=1S/C25H25N3O5S/c1-2-19(25(30)31)17-10-6-7-15(13-17)11-12-18-14-20(16-8-4-3-5-9-16)22(26)21(24(27)29)23(18)34(28,32)33/h3-14,19H,2,26H2,1H3,(H2,27,29)(H,30,31)(H2,28,32,33)/b12-11+. The first-order chi connectivity index (χ1) is 16.0. The van der Waals surface area contributed by atoms with Crippen LogP contribution in [0.4, 0.5) is 5.69 Å². The van der Waals surface area contributed by atoms with Crippen molar-refractivity contribution in [1.29, 1.82) is 0 Å². The predicted octanol–water partition coefficient (Wildman–Crippen LogP) is 3.43. The zero-order valence-electron chi connectivity index (χ0n) is 18.4. The van der Waals surface area contributed by atoms with Crippen LogP contribution in [0.1, 0.15) is 46.3 Å². The molecule has 7 N–H and O–H groups in total. The van der Waals surface area contributed by atoms with Crippen molar-refractivity contribution in [3.8, 4) is 11.1 Å². The van der Waals surface area contributed by atoms with Gasteiger partial charge in [0.05, 0.1) is 17.2 Å². The Morgan fingerprint density at radius 3 is 2.26 bits per heavy atom. The number of hydrogen-bond donors (Lipinski definition) is 4. The fourth-order valence-electron chi connectivity index (χ4n) is 3.85. The molecule has 0 spiro atoms. The smallest absolute Gasteiger partial charge is 0.310 e. The average Bonchev–Trinajstić information content (AvgIpc) is 2.78. The quantitative estimate of drug-likeness (QED) is 0.285. The number of nitrogen functional groups attached to an aromatic ring is 1. The molecular formula is C25H25N3O5S. The highest BCUT2D eigenvalue weighted by Gasteiger charge is 2.26. The highest BCUT2D eigenvalue weighted by Crippen LogP contribution is 2.36. The van der Waals surface area contributed by atoms with Gasteiger partial charge in [-0.25, -0.2) is 13.6 Å². The van der Waals surface area contributed by atoms with Gasteiger partial charge in [0.1, 0.15) is 4.90 Å². The van der Waals surface area contributed by atoms with Crippen molar-refractivity contribution in [2.75, 3.05) is 5.73 Å². The lowest BCUT2D eigenvalue weighted by Gasteiger charge is -2.16. The van der Waals surface area contributed by atoms with E-state index in [9.17, 15) is 23.1 Å². The van der Waals surface area contributed by atoms with E-state index in [1.54, 1.807) is 61.5 Å².